The van der Waals surface area contributed by atoms with Crippen LogP contribution in [-0.2, 0) is 19.0 Å². The Morgan fingerprint density at radius 3 is 2.28 bits per heavy atom. The monoisotopic (exact) mass is 353 g/mol. The van der Waals surface area contributed by atoms with Gasteiger partial charge in [0.15, 0.2) is 12.4 Å². The Morgan fingerprint density at radius 1 is 1.20 bits per heavy atom. The molecule has 0 saturated carbocycles. The van der Waals surface area contributed by atoms with Crippen LogP contribution >= 0.6 is 0 Å². The number of nitrogens with one attached hydrogen (secondary N) is 1. The lowest BCUT2D eigenvalue weighted by Crippen LogP contribution is -2.45. The highest BCUT2D eigenvalue weighted by Gasteiger charge is 2.34. The predicted molar refractivity (Wildman–Crippen MR) is 92.1 cm³/mol. The molecule has 0 fully saturated rings. The molecule has 1 aromatic rings. The van der Waals surface area contributed by atoms with E-state index in [2.05, 4.69) is 5.32 Å². The van der Waals surface area contributed by atoms with Crippen LogP contribution in [-0.4, -0.2) is 41.8 Å². The molecule has 0 spiro atoms. The van der Waals surface area contributed by atoms with E-state index in [0.29, 0.717) is 12.2 Å². The van der Waals surface area contributed by atoms with Crippen molar-refractivity contribution in [3.8, 4) is 0 Å². The summed E-state index contributed by atoms with van der Waals surface area (Å²) < 4.78 is 16.0. The molecule has 1 rings (SSSR count). The van der Waals surface area contributed by atoms with Crippen molar-refractivity contribution >= 4 is 12.1 Å². The zero-order valence-corrected chi connectivity index (χ0v) is 15.3. The van der Waals surface area contributed by atoms with Crippen LogP contribution in [0.4, 0.5) is 4.79 Å². The van der Waals surface area contributed by atoms with Gasteiger partial charge in [0.1, 0.15) is 5.60 Å². The summed E-state index contributed by atoms with van der Waals surface area (Å²) >= 11 is 0. The summed E-state index contributed by atoms with van der Waals surface area (Å²) in [7, 11) is 0. The van der Waals surface area contributed by atoms with Crippen LogP contribution in [0.15, 0.2) is 30.3 Å². The van der Waals surface area contributed by atoms with Gasteiger partial charge in [-0.25, -0.2) is 9.59 Å². The van der Waals surface area contributed by atoms with Gasteiger partial charge in [0.2, 0.25) is 0 Å². The maximum absolute atomic E-state index is 12.2. The molecule has 2 N–H and O–H groups in total. The van der Waals surface area contributed by atoms with E-state index in [1.54, 1.807) is 65.0 Å². The molecule has 0 aliphatic rings. The molecular weight excluding hydrogens is 326 g/mol. The third kappa shape index (κ3) is 7.53. The fourth-order valence-corrected chi connectivity index (χ4v) is 2.19. The first kappa shape index (κ1) is 20.9. The number of amides is 1. The number of benzene rings is 1. The van der Waals surface area contributed by atoms with Crippen molar-refractivity contribution in [3.05, 3.63) is 35.9 Å². The molecule has 0 heterocycles. The molecule has 7 nitrogen and oxygen atoms in total. The highest BCUT2D eigenvalue weighted by Crippen LogP contribution is 2.22. The van der Waals surface area contributed by atoms with Crippen molar-refractivity contribution in [3.63, 3.8) is 0 Å². The molecule has 0 radical (unpaired) electrons. The van der Waals surface area contributed by atoms with E-state index in [0.717, 1.165) is 0 Å². The normalized spacial score (nSPS) is 15.1. The number of carboxylic acid groups (broad SMARTS) is 1. The minimum absolute atomic E-state index is 0.378. The van der Waals surface area contributed by atoms with Gasteiger partial charge in [-0.15, -0.1) is 0 Å². The van der Waals surface area contributed by atoms with Gasteiger partial charge in [-0.3, -0.25) is 0 Å². The summed E-state index contributed by atoms with van der Waals surface area (Å²) in [6.45, 7) is 8.95. The average Bonchev–Trinajstić information content (AvgIpc) is 2.50. The predicted octanol–water partition coefficient (Wildman–Crippen LogP) is 3.10. The molecule has 1 unspecified atom stereocenters. The summed E-state index contributed by atoms with van der Waals surface area (Å²) in [4.78, 5) is 23.9. The fourth-order valence-electron chi connectivity index (χ4n) is 2.19. The first-order valence-electron chi connectivity index (χ1n) is 8.18. The topological polar surface area (TPSA) is 94.1 Å². The summed E-state index contributed by atoms with van der Waals surface area (Å²) in [5.74, 6) is -1.21. The standard InChI is InChI=1S/C18H27NO6/c1-6-23-12(2)24-15(16(20)21)14(13-10-8-7-9-11-13)19-17(22)25-18(3,4)5/h7-12,14-15H,6H2,1-5H3,(H,19,22)(H,20,21)/t12?,14-,15-/m0/s1. The van der Waals surface area contributed by atoms with Gasteiger partial charge in [0.05, 0.1) is 6.04 Å². The van der Waals surface area contributed by atoms with Gasteiger partial charge < -0.3 is 24.6 Å². The lowest BCUT2D eigenvalue weighted by Gasteiger charge is -2.29. The van der Waals surface area contributed by atoms with Crippen LogP contribution in [0, 0.1) is 0 Å². The van der Waals surface area contributed by atoms with Crippen LogP contribution in [0.3, 0.4) is 0 Å². The Kier molecular flexibility index (Phi) is 7.86. The van der Waals surface area contributed by atoms with Gasteiger partial charge in [0.25, 0.3) is 0 Å². The van der Waals surface area contributed by atoms with Gasteiger partial charge in [-0.1, -0.05) is 30.3 Å². The number of ether oxygens (including phenoxy) is 3. The van der Waals surface area contributed by atoms with Crippen molar-refractivity contribution in [1.29, 1.82) is 0 Å². The minimum Gasteiger partial charge on any atom is -0.479 e. The highest BCUT2D eigenvalue weighted by atomic mass is 16.7. The summed E-state index contributed by atoms with van der Waals surface area (Å²) in [6.07, 6.45) is -2.80. The second-order valence-corrected chi connectivity index (χ2v) is 6.45. The molecule has 25 heavy (non-hydrogen) atoms. The number of carboxylic acids is 1. The van der Waals surface area contributed by atoms with Crippen molar-refractivity contribution < 1.29 is 28.9 Å². The number of rotatable bonds is 8. The number of alkyl carbamates (subject to hydrolysis) is 1. The molecule has 0 bridgehead atoms. The second-order valence-electron chi connectivity index (χ2n) is 6.45. The number of hydrogen-bond acceptors (Lipinski definition) is 5. The molecule has 140 valence electrons. The fraction of sp³-hybridized carbons (Fsp3) is 0.556. The molecule has 0 aliphatic heterocycles. The Bertz CT molecular complexity index is 554. The highest BCUT2D eigenvalue weighted by molar-refractivity contribution is 5.76. The van der Waals surface area contributed by atoms with Crippen LogP contribution in [0.2, 0.25) is 0 Å². The molecule has 1 aromatic carbocycles. The van der Waals surface area contributed by atoms with E-state index in [1.165, 1.54) is 0 Å². The van der Waals surface area contributed by atoms with E-state index < -0.39 is 36.1 Å². The maximum atomic E-state index is 12.2. The zero-order chi connectivity index (χ0) is 19.0. The van der Waals surface area contributed by atoms with Gasteiger partial charge >= 0.3 is 12.1 Å². The van der Waals surface area contributed by atoms with Crippen LogP contribution < -0.4 is 5.32 Å². The number of carbonyl (C=O) groups excluding carboxylic acids is 1. The largest absolute Gasteiger partial charge is 0.479 e. The Morgan fingerprint density at radius 2 is 1.80 bits per heavy atom. The third-order valence-corrected chi connectivity index (χ3v) is 3.12. The van der Waals surface area contributed by atoms with Gasteiger partial charge in [-0.05, 0) is 40.2 Å². The molecule has 0 aromatic heterocycles. The minimum atomic E-state index is -1.34. The van der Waals surface area contributed by atoms with Crippen molar-refractivity contribution in [2.75, 3.05) is 6.61 Å². The lowest BCUT2D eigenvalue weighted by atomic mass is 10.0. The molecule has 0 aliphatic carbocycles. The van der Waals surface area contributed by atoms with Gasteiger partial charge in [-0.2, -0.15) is 0 Å². The first-order valence-corrected chi connectivity index (χ1v) is 8.18. The molecule has 0 saturated heterocycles. The van der Waals surface area contributed by atoms with Crippen molar-refractivity contribution in [1.82, 2.24) is 5.32 Å². The number of hydrogen-bond donors (Lipinski definition) is 2. The quantitative estimate of drug-likeness (QED) is 0.698. The number of carbonyl (C=O) groups is 2. The maximum Gasteiger partial charge on any atom is 0.408 e. The lowest BCUT2D eigenvalue weighted by molar-refractivity contribution is -0.187. The molecule has 1 amide bonds. The number of aliphatic carboxylic acids is 1. The van der Waals surface area contributed by atoms with Crippen LogP contribution in [0.5, 0.6) is 0 Å². The Balaban J connectivity index is 3.06. The van der Waals surface area contributed by atoms with E-state index in [1.807, 2.05) is 0 Å². The second kappa shape index (κ2) is 9.39. The van der Waals surface area contributed by atoms with Gasteiger partial charge in [0, 0.05) is 6.61 Å². The van der Waals surface area contributed by atoms with Crippen molar-refractivity contribution in [2.45, 2.75) is 58.7 Å². The zero-order valence-electron chi connectivity index (χ0n) is 15.3. The first-order chi connectivity index (χ1) is 11.6. The summed E-state index contributed by atoms with van der Waals surface area (Å²) in [5, 5.41) is 12.2. The van der Waals surface area contributed by atoms with E-state index in [9.17, 15) is 14.7 Å². The summed E-state index contributed by atoms with van der Waals surface area (Å²) in [5.41, 5.74) is -0.117. The van der Waals surface area contributed by atoms with E-state index >= 15 is 0 Å². The third-order valence-electron chi connectivity index (χ3n) is 3.12. The molecule has 3 atom stereocenters. The smallest absolute Gasteiger partial charge is 0.408 e. The average molecular weight is 353 g/mol. The van der Waals surface area contributed by atoms with E-state index in [-0.39, 0.29) is 0 Å². The van der Waals surface area contributed by atoms with Crippen LogP contribution in [0.1, 0.15) is 46.2 Å². The van der Waals surface area contributed by atoms with E-state index in [4.69, 9.17) is 14.2 Å². The molecular formula is C18H27NO6. The summed E-state index contributed by atoms with van der Waals surface area (Å²) in [6, 6.07) is 7.80. The van der Waals surface area contributed by atoms with Crippen LogP contribution in [0.25, 0.3) is 0 Å². The molecule has 7 heteroatoms. The Labute approximate surface area is 148 Å². The Hall–Kier alpha value is -2.12. The van der Waals surface area contributed by atoms with Crippen molar-refractivity contribution in [2.24, 2.45) is 0 Å². The SMILES string of the molecule is CCOC(C)O[C@H](C(=O)O)[C@@H](NC(=O)OC(C)(C)C)c1ccccc1.